The van der Waals surface area contributed by atoms with Gasteiger partial charge >= 0.3 is 6.61 Å². The first-order chi connectivity index (χ1) is 12.7. The highest BCUT2D eigenvalue weighted by atomic mass is 32.2. The van der Waals surface area contributed by atoms with E-state index in [1.807, 2.05) is 6.92 Å². The maximum Gasteiger partial charge on any atom is 0.387 e. The number of para-hydroxylation sites is 1. The van der Waals surface area contributed by atoms with Crippen LogP contribution in [0.5, 0.6) is 5.75 Å². The van der Waals surface area contributed by atoms with E-state index in [2.05, 4.69) is 14.8 Å². The SMILES string of the molecule is Cc1ccc(S(=O)(=O)N[C@@H](C)C(=O)NCc2ccccc2OC(F)F)cc1. The Kier molecular flexibility index (Phi) is 6.86. The highest BCUT2D eigenvalue weighted by molar-refractivity contribution is 7.89. The molecule has 0 unspecified atom stereocenters. The molecular weight excluding hydrogens is 378 g/mol. The van der Waals surface area contributed by atoms with Crippen molar-refractivity contribution in [1.29, 1.82) is 0 Å². The molecule has 0 heterocycles. The summed E-state index contributed by atoms with van der Waals surface area (Å²) in [6, 6.07) is 11.2. The summed E-state index contributed by atoms with van der Waals surface area (Å²) < 4.78 is 56.1. The molecule has 1 atom stereocenters. The van der Waals surface area contributed by atoms with Crippen LogP contribution in [0.1, 0.15) is 18.1 Å². The predicted molar refractivity (Wildman–Crippen MR) is 95.9 cm³/mol. The zero-order valence-corrected chi connectivity index (χ0v) is 15.6. The van der Waals surface area contributed by atoms with Crippen LogP contribution in [0.2, 0.25) is 0 Å². The molecule has 0 aliphatic carbocycles. The van der Waals surface area contributed by atoms with Crippen LogP contribution in [0.15, 0.2) is 53.4 Å². The third-order valence-corrected chi connectivity index (χ3v) is 5.25. The van der Waals surface area contributed by atoms with E-state index in [0.717, 1.165) is 5.56 Å². The van der Waals surface area contributed by atoms with Crippen LogP contribution < -0.4 is 14.8 Å². The summed E-state index contributed by atoms with van der Waals surface area (Å²) in [6.45, 7) is 0.151. The van der Waals surface area contributed by atoms with Crippen LogP contribution in [0.3, 0.4) is 0 Å². The zero-order valence-electron chi connectivity index (χ0n) is 14.8. The Morgan fingerprint density at radius 2 is 1.74 bits per heavy atom. The molecule has 0 spiro atoms. The molecule has 0 saturated heterocycles. The van der Waals surface area contributed by atoms with Gasteiger partial charge in [-0.3, -0.25) is 4.79 Å². The number of hydrogen-bond donors (Lipinski definition) is 2. The quantitative estimate of drug-likeness (QED) is 0.716. The van der Waals surface area contributed by atoms with Crippen molar-refractivity contribution in [1.82, 2.24) is 10.0 Å². The maximum absolute atomic E-state index is 12.4. The van der Waals surface area contributed by atoms with E-state index in [9.17, 15) is 22.0 Å². The Morgan fingerprint density at radius 1 is 1.11 bits per heavy atom. The van der Waals surface area contributed by atoms with Crippen LogP contribution in [0.4, 0.5) is 8.78 Å². The van der Waals surface area contributed by atoms with Gasteiger partial charge in [-0.1, -0.05) is 35.9 Å². The lowest BCUT2D eigenvalue weighted by Crippen LogP contribution is -2.44. The van der Waals surface area contributed by atoms with Gasteiger partial charge in [-0.15, -0.1) is 0 Å². The predicted octanol–water partition coefficient (Wildman–Crippen LogP) is 2.58. The smallest absolute Gasteiger partial charge is 0.387 e. The number of rotatable bonds is 8. The van der Waals surface area contributed by atoms with Crippen molar-refractivity contribution < 1.29 is 26.7 Å². The average Bonchev–Trinajstić information content (AvgIpc) is 2.60. The number of nitrogens with one attached hydrogen (secondary N) is 2. The van der Waals surface area contributed by atoms with Gasteiger partial charge < -0.3 is 10.1 Å². The van der Waals surface area contributed by atoms with Crippen molar-refractivity contribution in [3.8, 4) is 5.75 Å². The lowest BCUT2D eigenvalue weighted by molar-refractivity contribution is -0.122. The summed E-state index contributed by atoms with van der Waals surface area (Å²) in [6.07, 6.45) is 0. The standard InChI is InChI=1S/C18H20F2N2O4S/c1-12-7-9-15(10-8-12)27(24,25)22-13(2)17(23)21-11-14-5-3-4-6-16(14)26-18(19)20/h3-10,13,18,22H,11H2,1-2H3,(H,21,23)/t13-/m0/s1. The van der Waals surface area contributed by atoms with Crippen molar-refractivity contribution in [2.24, 2.45) is 0 Å². The number of sulfonamides is 1. The van der Waals surface area contributed by atoms with Crippen molar-refractivity contribution in [3.05, 3.63) is 59.7 Å². The molecule has 2 N–H and O–H groups in total. The fourth-order valence-electron chi connectivity index (χ4n) is 2.27. The number of alkyl halides is 2. The Bertz CT molecular complexity index is 886. The van der Waals surface area contributed by atoms with Crippen LogP contribution in [-0.4, -0.2) is 27.0 Å². The largest absolute Gasteiger partial charge is 0.434 e. The minimum atomic E-state index is -3.86. The van der Waals surface area contributed by atoms with Gasteiger partial charge in [0.15, 0.2) is 0 Å². The monoisotopic (exact) mass is 398 g/mol. The molecular formula is C18H20F2N2O4S. The van der Waals surface area contributed by atoms with E-state index < -0.39 is 28.6 Å². The third kappa shape index (κ3) is 6.00. The first-order valence-electron chi connectivity index (χ1n) is 8.08. The normalized spacial score (nSPS) is 12.6. The fourth-order valence-corrected chi connectivity index (χ4v) is 3.47. The maximum atomic E-state index is 12.4. The van der Waals surface area contributed by atoms with E-state index >= 15 is 0 Å². The zero-order chi connectivity index (χ0) is 20.0. The minimum Gasteiger partial charge on any atom is -0.434 e. The summed E-state index contributed by atoms with van der Waals surface area (Å²) in [7, 11) is -3.86. The first-order valence-corrected chi connectivity index (χ1v) is 9.57. The van der Waals surface area contributed by atoms with Crippen molar-refractivity contribution in [2.45, 2.75) is 37.9 Å². The molecule has 1 amide bonds. The molecule has 0 fully saturated rings. The van der Waals surface area contributed by atoms with Gasteiger partial charge in [0.25, 0.3) is 0 Å². The van der Waals surface area contributed by atoms with Crippen molar-refractivity contribution >= 4 is 15.9 Å². The number of aryl methyl sites for hydroxylation is 1. The van der Waals surface area contributed by atoms with Gasteiger partial charge in [0, 0.05) is 12.1 Å². The number of ether oxygens (including phenoxy) is 1. The van der Waals surface area contributed by atoms with Crippen molar-refractivity contribution in [3.63, 3.8) is 0 Å². The van der Waals surface area contributed by atoms with Crippen LogP contribution in [-0.2, 0) is 21.4 Å². The van der Waals surface area contributed by atoms with Gasteiger partial charge in [-0.05, 0) is 32.0 Å². The second-order valence-corrected chi connectivity index (χ2v) is 7.57. The van der Waals surface area contributed by atoms with Gasteiger partial charge in [0.1, 0.15) is 5.75 Å². The lowest BCUT2D eigenvalue weighted by atomic mass is 10.2. The number of benzene rings is 2. The molecule has 0 bridgehead atoms. The Balaban J connectivity index is 1.99. The van der Waals surface area contributed by atoms with Gasteiger partial charge in [0.2, 0.25) is 15.9 Å². The molecule has 146 valence electrons. The van der Waals surface area contributed by atoms with Crippen LogP contribution in [0, 0.1) is 6.92 Å². The van der Waals surface area contributed by atoms with E-state index in [-0.39, 0.29) is 17.2 Å². The highest BCUT2D eigenvalue weighted by Gasteiger charge is 2.22. The fraction of sp³-hybridized carbons (Fsp3) is 0.278. The molecule has 2 aromatic rings. The van der Waals surface area contributed by atoms with Gasteiger partial charge in [-0.25, -0.2) is 8.42 Å². The summed E-state index contributed by atoms with van der Waals surface area (Å²) >= 11 is 0. The van der Waals surface area contributed by atoms with E-state index in [1.165, 1.54) is 37.3 Å². The average molecular weight is 398 g/mol. The second kappa shape index (κ2) is 8.92. The molecule has 0 aromatic heterocycles. The molecule has 2 rings (SSSR count). The number of amides is 1. The Hall–Kier alpha value is -2.52. The van der Waals surface area contributed by atoms with Gasteiger partial charge in [0.05, 0.1) is 10.9 Å². The Labute approximate surface area is 156 Å². The van der Waals surface area contributed by atoms with Crippen LogP contribution >= 0.6 is 0 Å². The molecule has 6 nitrogen and oxygen atoms in total. The first kappa shape index (κ1) is 20.8. The van der Waals surface area contributed by atoms with Crippen LogP contribution in [0.25, 0.3) is 0 Å². The summed E-state index contributed by atoms with van der Waals surface area (Å²) in [4.78, 5) is 12.2. The van der Waals surface area contributed by atoms with E-state index in [0.29, 0.717) is 5.56 Å². The topological polar surface area (TPSA) is 84.5 Å². The molecule has 0 radical (unpaired) electrons. The third-order valence-electron chi connectivity index (χ3n) is 3.70. The number of carbonyl (C=O) groups is 1. The molecule has 0 saturated carbocycles. The van der Waals surface area contributed by atoms with Gasteiger partial charge in [-0.2, -0.15) is 13.5 Å². The molecule has 0 aliphatic heterocycles. The van der Waals surface area contributed by atoms with E-state index in [4.69, 9.17) is 0 Å². The number of hydrogen-bond acceptors (Lipinski definition) is 4. The summed E-state index contributed by atoms with van der Waals surface area (Å²) in [5, 5.41) is 2.50. The molecule has 9 heteroatoms. The lowest BCUT2D eigenvalue weighted by Gasteiger charge is -2.16. The summed E-state index contributed by atoms with van der Waals surface area (Å²) in [5.41, 5.74) is 1.25. The summed E-state index contributed by atoms with van der Waals surface area (Å²) in [5.74, 6) is -0.654. The molecule has 0 aliphatic rings. The molecule has 27 heavy (non-hydrogen) atoms. The number of halogens is 2. The second-order valence-electron chi connectivity index (χ2n) is 5.86. The number of carbonyl (C=O) groups excluding carboxylic acids is 1. The molecule has 2 aromatic carbocycles. The minimum absolute atomic E-state index is 0.0448. The van der Waals surface area contributed by atoms with Crippen molar-refractivity contribution in [2.75, 3.05) is 0 Å². The van der Waals surface area contributed by atoms with E-state index in [1.54, 1.807) is 18.2 Å². The highest BCUT2D eigenvalue weighted by Crippen LogP contribution is 2.20. The Morgan fingerprint density at radius 3 is 2.37 bits per heavy atom.